The first-order valence-electron chi connectivity index (χ1n) is 9.75. The van der Waals surface area contributed by atoms with Crippen molar-refractivity contribution in [3.05, 3.63) is 117 Å². The second kappa shape index (κ2) is 13.4. The second-order valence-electron chi connectivity index (χ2n) is 6.59. The number of rotatable bonds is 2. The number of hydrogen-bond donors (Lipinski definition) is 2. The third-order valence-electron chi connectivity index (χ3n) is 4.30. The Bertz CT molecular complexity index is 1180. The van der Waals surface area contributed by atoms with Gasteiger partial charge in [0, 0.05) is 12.1 Å². The Kier molecular flexibility index (Phi) is 10.6. The molecule has 4 aromatic rings. The first-order valence-corrected chi connectivity index (χ1v) is 9.75. The van der Waals surface area contributed by atoms with Gasteiger partial charge >= 0.3 is 62.8 Å². The van der Waals surface area contributed by atoms with E-state index in [-0.39, 0.29) is 64.3 Å². The molecule has 0 amide bonds. The summed E-state index contributed by atoms with van der Waals surface area (Å²) in [5.41, 5.74) is -0.968. The van der Waals surface area contributed by atoms with Crippen LogP contribution in [0, 0.1) is 20.2 Å². The molecule has 0 aromatic heterocycles. The van der Waals surface area contributed by atoms with Crippen LogP contribution in [0.5, 0.6) is 34.5 Å². The summed E-state index contributed by atoms with van der Waals surface area (Å²) in [5.74, 6) is 2.93. The second-order valence-corrected chi connectivity index (χ2v) is 6.59. The fourth-order valence-corrected chi connectivity index (χ4v) is 2.71. The fraction of sp³-hybridized carbons (Fsp3) is 0. The van der Waals surface area contributed by atoms with Crippen LogP contribution in [0.15, 0.2) is 97.1 Å². The van der Waals surface area contributed by atoms with Crippen LogP contribution in [0.25, 0.3) is 0 Å². The molecule has 1 heterocycles. The van der Waals surface area contributed by atoms with Gasteiger partial charge in [0.05, 0.1) is 9.85 Å². The van der Waals surface area contributed by atoms with Crippen molar-refractivity contribution in [2.45, 2.75) is 0 Å². The number of nitro groups is 2. The van der Waals surface area contributed by atoms with E-state index in [1.807, 2.05) is 48.5 Å². The molecule has 35 heavy (non-hydrogen) atoms. The largest absolute Gasteiger partial charge is 1.00 e. The van der Waals surface area contributed by atoms with Crippen molar-refractivity contribution in [1.82, 2.24) is 0 Å². The summed E-state index contributed by atoms with van der Waals surface area (Å²) < 4.78 is 11.3. The number of nitro benzene ring substituents is 2. The predicted molar refractivity (Wildman–Crippen MR) is 124 cm³/mol. The van der Waals surface area contributed by atoms with Gasteiger partial charge in [-0.15, -0.1) is 0 Å². The summed E-state index contributed by atoms with van der Waals surface area (Å²) in [7, 11) is 0. The Morgan fingerprint density at radius 2 is 0.800 bits per heavy atom. The van der Waals surface area contributed by atoms with Gasteiger partial charge in [-0.05, 0) is 36.4 Å². The van der Waals surface area contributed by atoms with Crippen LogP contribution in [0.1, 0.15) is 1.43 Å². The Hall–Kier alpha value is -3.48. The zero-order valence-corrected chi connectivity index (χ0v) is 21.6. The average Bonchev–Trinajstić information content (AvgIpc) is 2.85. The molecule has 0 unspecified atom stereocenters. The molecule has 0 spiro atoms. The summed E-state index contributed by atoms with van der Waals surface area (Å²) in [6, 6.07) is 26.4. The first-order chi connectivity index (χ1) is 16.4. The van der Waals surface area contributed by atoms with E-state index in [0.717, 1.165) is 35.1 Å². The molecule has 10 nitrogen and oxygen atoms in total. The molecule has 11 heteroatoms. The predicted octanol–water partition coefficient (Wildman–Crippen LogP) is 3.30. The van der Waals surface area contributed by atoms with Crippen molar-refractivity contribution in [3.8, 4) is 34.5 Å². The Morgan fingerprint density at radius 1 is 0.543 bits per heavy atom. The molecule has 0 atom stereocenters. The maximum absolute atomic E-state index is 10.2. The van der Waals surface area contributed by atoms with Crippen LogP contribution in [-0.4, -0.2) is 20.1 Å². The molecule has 174 valence electrons. The van der Waals surface area contributed by atoms with Gasteiger partial charge in [-0.3, -0.25) is 20.2 Å². The van der Waals surface area contributed by atoms with Gasteiger partial charge in [0.15, 0.2) is 34.5 Å². The van der Waals surface area contributed by atoms with Crippen molar-refractivity contribution in [1.29, 1.82) is 0 Å². The van der Waals surface area contributed by atoms with Crippen molar-refractivity contribution < 1.29 is 82.3 Å². The van der Waals surface area contributed by atoms with E-state index < -0.39 is 21.2 Å². The number of fused-ring (bicyclic) bond motifs is 2. The third-order valence-corrected chi connectivity index (χ3v) is 4.30. The third kappa shape index (κ3) is 7.77. The summed E-state index contributed by atoms with van der Waals surface area (Å²) in [6.07, 6.45) is 0. The summed E-state index contributed by atoms with van der Waals surface area (Å²) in [5, 5.41) is 37.8. The molecule has 0 fully saturated rings. The molecule has 5 rings (SSSR count). The van der Waals surface area contributed by atoms with Gasteiger partial charge in [0.1, 0.15) is 0 Å². The minimum Gasteiger partial charge on any atom is -1.00 e. The topological polar surface area (TPSA) is 145 Å². The maximum atomic E-state index is 10.2. The van der Waals surface area contributed by atoms with Crippen LogP contribution < -0.4 is 60.9 Å². The number of phenolic OH excluding ortho intramolecular Hbond substituents is 2. The molecule has 0 bridgehead atoms. The Morgan fingerprint density at radius 3 is 1.06 bits per heavy atom. The number of para-hydroxylation sites is 8. The van der Waals surface area contributed by atoms with Gasteiger partial charge in [-0.25, -0.2) is 0 Å². The van der Waals surface area contributed by atoms with Crippen molar-refractivity contribution >= 4 is 11.4 Å². The van der Waals surface area contributed by atoms with Gasteiger partial charge < -0.3 is 21.1 Å². The van der Waals surface area contributed by atoms with E-state index in [0.29, 0.717) is 0 Å². The summed E-state index contributed by atoms with van der Waals surface area (Å²) >= 11 is 0. The molecular weight excluding hydrogens is 483 g/mol. The monoisotopic (exact) mass is 502 g/mol. The number of ether oxygens (including phenoxy) is 2. The average molecular weight is 503 g/mol. The molecule has 0 saturated heterocycles. The van der Waals surface area contributed by atoms with Gasteiger partial charge in [0.25, 0.3) is 0 Å². The fourth-order valence-electron chi connectivity index (χ4n) is 2.71. The van der Waals surface area contributed by atoms with E-state index in [1.165, 1.54) is 24.3 Å². The standard InChI is InChI=1S/C12H8O2.C6H4N2O4.C6H6O2.K.H/c1-2-6-10-9(5-1)13-11-7-3-4-8-12(11)14-10;9-7(10)5-3-1-2-4-6(5)8(11)12;7-5-3-1-2-4-6(5)8;;/h1-8H;1-4H;1-4,7-8H;;/q;;;+1;-1. The number of nitrogens with zero attached hydrogens (tertiary/aromatic N) is 2. The molecule has 0 aliphatic carbocycles. The number of benzene rings is 4. The van der Waals surface area contributed by atoms with E-state index in [9.17, 15) is 20.2 Å². The number of hydrogen-bond acceptors (Lipinski definition) is 8. The van der Waals surface area contributed by atoms with Crippen LogP contribution in [0.2, 0.25) is 0 Å². The van der Waals surface area contributed by atoms with E-state index in [2.05, 4.69) is 0 Å². The van der Waals surface area contributed by atoms with Crippen LogP contribution in [0.3, 0.4) is 0 Å². The smallest absolute Gasteiger partial charge is 1.00 e. The van der Waals surface area contributed by atoms with Gasteiger partial charge in [-0.1, -0.05) is 48.5 Å². The number of phenols is 2. The molecule has 4 aromatic carbocycles. The summed E-state index contributed by atoms with van der Waals surface area (Å²) in [6.45, 7) is 0. The van der Waals surface area contributed by atoms with E-state index in [1.54, 1.807) is 12.1 Å². The van der Waals surface area contributed by atoms with Crippen LogP contribution in [0.4, 0.5) is 11.4 Å². The van der Waals surface area contributed by atoms with Crippen molar-refractivity contribution in [3.63, 3.8) is 0 Å². The Labute approximate surface area is 243 Å². The minimum atomic E-state index is -0.780. The minimum absolute atomic E-state index is 0. The SMILES string of the molecule is O=[N+]([O-])c1ccccc1[N+](=O)[O-].Oc1ccccc1O.[H-].[K+].c1ccc2c(c1)Oc1ccccc1O2. The van der Waals surface area contributed by atoms with E-state index >= 15 is 0 Å². The van der Waals surface area contributed by atoms with Gasteiger partial charge in [0.2, 0.25) is 0 Å². The molecule has 1 aliphatic heterocycles. The number of aromatic hydroxyl groups is 2. The van der Waals surface area contributed by atoms with Gasteiger partial charge in [-0.2, -0.15) is 0 Å². The van der Waals surface area contributed by atoms with Crippen molar-refractivity contribution in [2.75, 3.05) is 0 Å². The molecule has 0 radical (unpaired) electrons. The van der Waals surface area contributed by atoms with Crippen LogP contribution in [-0.2, 0) is 0 Å². The molecule has 1 aliphatic rings. The Balaban J connectivity index is 0.000000272. The van der Waals surface area contributed by atoms with Crippen molar-refractivity contribution in [2.24, 2.45) is 0 Å². The zero-order chi connectivity index (χ0) is 24.5. The normalized spacial score (nSPS) is 10.1. The maximum Gasteiger partial charge on any atom is 1.00 e. The molecule has 0 saturated carbocycles. The quantitative estimate of drug-likeness (QED) is 0.162. The van der Waals surface area contributed by atoms with E-state index in [4.69, 9.17) is 19.7 Å². The molecular formula is C24H19KN2O8. The van der Waals surface area contributed by atoms with Crippen LogP contribution >= 0.6 is 0 Å². The molecule has 2 N–H and O–H groups in total. The first kappa shape index (κ1) is 27.8. The summed E-state index contributed by atoms with van der Waals surface area (Å²) in [4.78, 5) is 18.9. The zero-order valence-electron chi connectivity index (χ0n) is 19.5.